The standard InChI is InChI=1S/C13H21NO3S/c1-16-13(15)12-7-6-11(17-12)10-14-8-4-3-5-9-18-2/h6-7,14H,3-5,8-10H2,1-2H3. The number of nitrogens with one attached hydrogen (secondary N) is 1. The Morgan fingerprint density at radius 2 is 2.22 bits per heavy atom. The summed E-state index contributed by atoms with van der Waals surface area (Å²) in [5.41, 5.74) is 0. The van der Waals surface area contributed by atoms with E-state index < -0.39 is 5.97 Å². The van der Waals surface area contributed by atoms with Crippen LogP contribution in [0.1, 0.15) is 35.6 Å². The van der Waals surface area contributed by atoms with Crippen molar-refractivity contribution in [2.45, 2.75) is 25.8 Å². The van der Waals surface area contributed by atoms with Crippen molar-refractivity contribution in [1.29, 1.82) is 0 Å². The Morgan fingerprint density at radius 3 is 2.94 bits per heavy atom. The summed E-state index contributed by atoms with van der Waals surface area (Å²) in [6.45, 7) is 1.63. The van der Waals surface area contributed by atoms with E-state index in [1.54, 1.807) is 12.1 Å². The second-order valence-electron chi connectivity index (χ2n) is 3.99. The topological polar surface area (TPSA) is 51.5 Å². The highest BCUT2D eigenvalue weighted by molar-refractivity contribution is 7.98. The van der Waals surface area contributed by atoms with Crippen LogP contribution in [0.3, 0.4) is 0 Å². The lowest BCUT2D eigenvalue weighted by molar-refractivity contribution is 0.0563. The van der Waals surface area contributed by atoms with Crippen molar-refractivity contribution in [3.05, 3.63) is 23.7 Å². The number of methoxy groups -OCH3 is 1. The molecule has 0 bridgehead atoms. The Morgan fingerprint density at radius 1 is 1.39 bits per heavy atom. The third kappa shape index (κ3) is 5.60. The van der Waals surface area contributed by atoms with Gasteiger partial charge in [-0.2, -0.15) is 11.8 Å². The summed E-state index contributed by atoms with van der Waals surface area (Å²) in [5.74, 6) is 1.83. The van der Waals surface area contributed by atoms with Crippen LogP contribution >= 0.6 is 11.8 Å². The van der Waals surface area contributed by atoms with Crippen LogP contribution in [-0.4, -0.2) is 31.6 Å². The fraction of sp³-hybridized carbons (Fsp3) is 0.615. The second kappa shape index (κ2) is 9.05. The van der Waals surface area contributed by atoms with Gasteiger partial charge in [-0.25, -0.2) is 4.79 Å². The van der Waals surface area contributed by atoms with Crippen LogP contribution in [0.25, 0.3) is 0 Å². The van der Waals surface area contributed by atoms with E-state index in [0.29, 0.717) is 6.54 Å². The van der Waals surface area contributed by atoms with Crippen molar-refractivity contribution in [3.8, 4) is 0 Å². The third-order valence-corrected chi connectivity index (χ3v) is 3.25. The molecule has 0 radical (unpaired) electrons. The molecular formula is C13H21NO3S. The zero-order valence-corrected chi connectivity index (χ0v) is 11.8. The molecule has 1 aromatic heterocycles. The quantitative estimate of drug-likeness (QED) is 0.553. The highest BCUT2D eigenvalue weighted by Crippen LogP contribution is 2.08. The zero-order valence-electron chi connectivity index (χ0n) is 11.0. The Bertz CT molecular complexity index is 352. The molecular weight excluding hydrogens is 250 g/mol. The monoisotopic (exact) mass is 271 g/mol. The molecule has 0 saturated carbocycles. The molecule has 0 spiro atoms. The molecule has 0 aromatic carbocycles. The van der Waals surface area contributed by atoms with Gasteiger partial charge < -0.3 is 14.5 Å². The largest absolute Gasteiger partial charge is 0.463 e. The van der Waals surface area contributed by atoms with Gasteiger partial charge in [0.2, 0.25) is 5.76 Å². The fourth-order valence-electron chi connectivity index (χ4n) is 1.57. The predicted molar refractivity (Wildman–Crippen MR) is 74.0 cm³/mol. The van der Waals surface area contributed by atoms with Crippen LogP contribution in [0.4, 0.5) is 0 Å². The van der Waals surface area contributed by atoms with E-state index in [1.807, 2.05) is 11.8 Å². The van der Waals surface area contributed by atoms with Crippen LogP contribution in [0.5, 0.6) is 0 Å². The molecule has 0 atom stereocenters. The first-order chi connectivity index (χ1) is 8.77. The van der Waals surface area contributed by atoms with Gasteiger partial charge in [-0.1, -0.05) is 6.42 Å². The lowest BCUT2D eigenvalue weighted by Crippen LogP contribution is -2.14. The second-order valence-corrected chi connectivity index (χ2v) is 4.97. The Kier molecular flexibility index (Phi) is 7.60. The summed E-state index contributed by atoms with van der Waals surface area (Å²) in [6.07, 6.45) is 5.83. The van der Waals surface area contributed by atoms with Gasteiger partial charge in [-0.15, -0.1) is 0 Å². The number of hydrogen-bond donors (Lipinski definition) is 1. The van der Waals surface area contributed by atoms with E-state index in [9.17, 15) is 4.79 Å². The van der Waals surface area contributed by atoms with Crippen LogP contribution in [0.15, 0.2) is 16.5 Å². The number of hydrogen-bond acceptors (Lipinski definition) is 5. The normalized spacial score (nSPS) is 10.6. The number of ether oxygens (including phenoxy) is 1. The molecule has 4 nitrogen and oxygen atoms in total. The van der Waals surface area contributed by atoms with Gasteiger partial charge in [0.25, 0.3) is 0 Å². The first-order valence-corrected chi connectivity index (χ1v) is 7.54. The summed E-state index contributed by atoms with van der Waals surface area (Å²) in [7, 11) is 1.34. The number of unbranched alkanes of at least 4 members (excludes halogenated alkanes) is 2. The van der Waals surface area contributed by atoms with Crippen LogP contribution in [0, 0.1) is 0 Å². The predicted octanol–water partition coefficient (Wildman–Crippen LogP) is 2.69. The number of thioether (sulfide) groups is 1. The minimum Gasteiger partial charge on any atom is -0.463 e. The minimum absolute atomic E-state index is 0.259. The van der Waals surface area contributed by atoms with E-state index >= 15 is 0 Å². The maximum absolute atomic E-state index is 11.2. The van der Waals surface area contributed by atoms with Gasteiger partial charge >= 0.3 is 5.97 Å². The Labute approximate surface area is 112 Å². The van der Waals surface area contributed by atoms with Crippen molar-refractivity contribution in [2.75, 3.05) is 25.7 Å². The van der Waals surface area contributed by atoms with Crippen molar-refractivity contribution >= 4 is 17.7 Å². The minimum atomic E-state index is -0.432. The van der Waals surface area contributed by atoms with Gasteiger partial charge in [-0.05, 0) is 43.5 Å². The highest BCUT2D eigenvalue weighted by Gasteiger charge is 2.10. The lowest BCUT2D eigenvalue weighted by atomic mass is 10.2. The summed E-state index contributed by atoms with van der Waals surface area (Å²) in [6, 6.07) is 3.44. The maximum atomic E-state index is 11.2. The third-order valence-electron chi connectivity index (χ3n) is 2.55. The maximum Gasteiger partial charge on any atom is 0.373 e. The van der Waals surface area contributed by atoms with Crippen molar-refractivity contribution in [3.63, 3.8) is 0 Å². The van der Waals surface area contributed by atoms with Crippen LogP contribution in [-0.2, 0) is 11.3 Å². The van der Waals surface area contributed by atoms with Crippen LogP contribution in [0.2, 0.25) is 0 Å². The van der Waals surface area contributed by atoms with Crippen molar-refractivity contribution < 1.29 is 13.9 Å². The van der Waals surface area contributed by atoms with Gasteiger partial charge in [0.15, 0.2) is 0 Å². The van der Waals surface area contributed by atoms with Crippen LogP contribution < -0.4 is 5.32 Å². The molecule has 18 heavy (non-hydrogen) atoms. The van der Waals surface area contributed by atoms with Gasteiger partial charge in [-0.3, -0.25) is 0 Å². The molecule has 102 valence electrons. The number of furan rings is 1. The summed E-state index contributed by atoms with van der Waals surface area (Å²) >= 11 is 1.89. The fourth-order valence-corrected chi connectivity index (χ4v) is 2.06. The van der Waals surface area contributed by atoms with Gasteiger partial charge in [0.1, 0.15) is 5.76 Å². The molecule has 1 aromatic rings. The molecule has 1 rings (SSSR count). The molecule has 0 aliphatic heterocycles. The first-order valence-electron chi connectivity index (χ1n) is 6.14. The summed E-state index contributed by atoms with van der Waals surface area (Å²) in [4.78, 5) is 11.2. The molecule has 0 amide bonds. The van der Waals surface area contributed by atoms with E-state index in [0.717, 1.165) is 12.3 Å². The Hall–Kier alpha value is -0.940. The number of rotatable bonds is 9. The SMILES string of the molecule is COC(=O)c1ccc(CNCCCCCSC)o1. The molecule has 0 fully saturated rings. The van der Waals surface area contributed by atoms with Crippen molar-refractivity contribution in [1.82, 2.24) is 5.32 Å². The van der Waals surface area contributed by atoms with Gasteiger partial charge in [0, 0.05) is 0 Å². The first kappa shape index (κ1) is 15.1. The smallest absolute Gasteiger partial charge is 0.373 e. The molecule has 0 aliphatic rings. The van der Waals surface area contributed by atoms with Gasteiger partial charge in [0.05, 0.1) is 13.7 Å². The number of esters is 1. The average Bonchev–Trinajstić information content (AvgIpc) is 2.85. The molecule has 1 heterocycles. The van der Waals surface area contributed by atoms with Crippen molar-refractivity contribution in [2.24, 2.45) is 0 Å². The Balaban J connectivity index is 2.12. The van der Waals surface area contributed by atoms with E-state index in [-0.39, 0.29) is 5.76 Å². The zero-order chi connectivity index (χ0) is 13.2. The average molecular weight is 271 g/mol. The molecule has 0 saturated heterocycles. The number of carbonyl (C=O) groups excluding carboxylic acids is 1. The lowest BCUT2D eigenvalue weighted by Gasteiger charge is -2.02. The van der Waals surface area contributed by atoms with E-state index in [4.69, 9.17) is 4.42 Å². The highest BCUT2D eigenvalue weighted by atomic mass is 32.2. The number of carbonyl (C=O) groups is 1. The summed E-state index contributed by atoms with van der Waals surface area (Å²) < 4.78 is 9.92. The van der Waals surface area contributed by atoms with E-state index in [2.05, 4.69) is 16.3 Å². The summed E-state index contributed by atoms with van der Waals surface area (Å²) in [5, 5.41) is 3.30. The molecule has 1 N–H and O–H groups in total. The molecule has 0 aliphatic carbocycles. The van der Waals surface area contributed by atoms with E-state index in [1.165, 1.54) is 32.1 Å². The molecule has 5 heteroatoms. The molecule has 0 unspecified atom stereocenters.